The molecule has 0 radical (unpaired) electrons. The number of hydrogen-bond acceptors (Lipinski definition) is 3. The van der Waals surface area contributed by atoms with Gasteiger partial charge in [0.2, 0.25) is 0 Å². The minimum Gasteiger partial charge on any atom is -0.311 e. The van der Waals surface area contributed by atoms with Crippen LogP contribution in [0.1, 0.15) is 56.5 Å². The molecule has 1 aromatic heterocycles. The molecule has 124 valence electrons. The predicted molar refractivity (Wildman–Crippen MR) is 94.0 cm³/mol. The zero-order valence-electron chi connectivity index (χ0n) is 13.6. The van der Waals surface area contributed by atoms with E-state index in [0.29, 0.717) is 6.04 Å². The van der Waals surface area contributed by atoms with Crippen LogP contribution < -0.4 is 5.32 Å². The lowest BCUT2D eigenvalue weighted by Gasteiger charge is -2.12. The van der Waals surface area contributed by atoms with Crippen LogP contribution in [0, 0.1) is 0 Å². The molecule has 6 heteroatoms. The fourth-order valence-corrected chi connectivity index (χ4v) is 2.35. The molecular weight excluding hydrogens is 307 g/mol. The van der Waals surface area contributed by atoms with Gasteiger partial charge in [0, 0.05) is 18.5 Å². The number of rotatable bonds is 8. The smallest absolute Gasteiger partial charge is 0.0659 e. The molecule has 1 saturated carbocycles. The van der Waals surface area contributed by atoms with E-state index in [4.69, 9.17) is 5.10 Å². The van der Waals surface area contributed by atoms with E-state index in [-0.39, 0.29) is 24.8 Å². The Morgan fingerprint density at radius 3 is 2.52 bits per heavy atom. The number of hydrogen-bond donors (Lipinski definition) is 1. The fourth-order valence-electron chi connectivity index (χ4n) is 2.35. The zero-order chi connectivity index (χ0) is 13.8. The maximum absolute atomic E-state index is 4.77. The van der Waals surface area contributed by atoms with Crippen molar-refractivity contribution in [1.29, 1.82) is 0 Å². The van der Waals surface area contributed by atoms with Crippen molar-refractivity contribution >= 4 is 24.8 Å². The highest BCUT2D eigenvalue weighted by atomic mass is 35.5. The van der Waals surface area contributed by atoms with Gasteiger partial charge in [0.1, 0.15) is 0 Å². The first-order valence-corrected chi connectivity index (χ1v) is 7.51. The highest BCUT2D eigenvalue weighted by Crippen LogP contribution is 2.39. The van der Waals surface area contributed by atoms with Crippen molar-refractivity contribution in [2.24, 2.45) is 0 Å². The summed E-state index contributed by atoms with van der Waals surface area (Å²) >= 11 is 0. The second kappa shape index (κ2) is 9.67. The molecule has 4 nitrogen and oxygen atoms in total. The van der Waals surface area contributed by atoms with Crippen molar-refractivity contribution in [3.05, 3.63) is 17.5 Å². The Kier molecular flexibility index (Phi) is 9.54. The van der Waals surface area contributed by atoms with Gasteiger partial charge in [0.05, 0.1) is 11.4 Å². The summed E-state index contributed by atoms with van der Waals surface area (Å²) in [5.41, 5.74) is 2.64. The molecule has 1 aliphatic carbocycles. The molecule has 0 aromatic carbocycles. The Bertz CT molecular complexity index is 400. The minimum absolute atomic E-state index is 0. The first-order valence-electron chi connectivity index (χ1n) is 7.51. The minimum atomic E-state index is 0. The number of halogens is 2. The Morgan fingerprint density at radius 1 is 1.33 bits per heavy atom. The standard InChI is InChI=1S/C15H28N4.2ClH/c1-12(2)19-14(10-15(17-19)13-6-7-13)11-16-8-5-9-18(3)4;;/h10,12-13,16H,5-9,11H2,1-4H3;2*1H. The summed E-state index contributed by atoms with van der Waals surface area (Å²) in [7, 11) is 4.24. The van der Waals surface area contributed by atoms with Gasteiger partial charge in [0.25, 0.3) is 0 Å². The SMILES string of the molecule is CC(C)n1nc(C2CC2)cc1CNCCCN(C)C.Cl.Cl. The predicted octanol–water partition coefficient (Wildman–Crippen LogP) is 3.23. The molecule has 0 amide bonds. The number of aromatic nitrogens is 2. The second-order valence-corrected chi connectivity index (χ2v) is 6.21. The lowest BCUT2D eigenvalue weighted by atomic mass is 10.2. The van der Waals surface area contributed by atoms with E-state index in [1.165, 1.54) is 30.7 Å². The van der Waals surface area contributed by atoms with E-state index in [1.54, 1.807) is 0 Å². The van der Waals surface area contributed by atoms with Gasteiger partial charge in [-0.2, -0.15) is 5.10 Å². The van der Waals surface area contributed by atoms with Gasteiger partial charge in [0.15, 0.2) is 0 Å². The molecule has 0 unspecified atom stereocenters. The van der Waals surface area contributed by atoms with Crippen molar-refractivity contribution in [3.63, 3.8) is 0 Å². The van der Waals surface area contributed by atoms with Crippen molar-refractivity contribution < 1.29 is 0 Å². The third-order valence-corrected chi connectivity index (χ3v) is 3.58. The molecule has 0 bridgehead atoms. The van der Waals surface area contributed by atoms with Gasteiger partial charge in [-0.3, -0.25) is 4.68 Å². The van der Waals surface area contributed by atoms with Gasteiger partial charge in [-0.1, -0.05) is 0 Å². The molecule has 0 aliphatic heterocycles. The van der Waals surface area contributed by atoms with E-state index in [0.717, 1.165) is 25.6 Å². The average molecular weight is 337 g/mol. The van der Waals surface area contributed by atoms with Gasteiger partial charge in [-0.25, -0.2) is 0 Å². The molecule has 2 rings (SSSR count). The molecule has 1 heterocycles. The van der Waals surface area contributed by atoms with Crippen LogP contribution >= 0.6 is 24.8 Å². The van der Waals surface area contributed by atoms with Crippen LogP contribution in [0.15, 0.2) is 6.07 Å². The monoisotopic (exact) mass is 336 g/mol. The molecule has 1 N–H and O–H groups in total. The second-order valence-electron chi connectivity index (χ2n) is 6.21. The molecule has 0 spiro atoms. The van der Waals surface area contributed by atoms with Gasteiger partial charge < -0.3 is 10.2 Å². The van der Waals surface area contributed by atoms with Crippen molar-refractivity contribution in [1.82, 2.24) is 20.0 Å². The third-order valence-electron chi connectivity index (χ3n) is 3.58. The number of nitrogens with zero attached hydrogens (tertiary/aromatic N) is 3. The van der Waals surface area contributed by atoms with Crippen LogP contribution in [0.5, 0.6) is 0 Å². The van der Waals surface area contributed by atoms with E-state index < -0.39 is 0 Å². The van der Waals surface area contributed by atoms with Crippen LogP contribution in [0.2, 0.25) is 0 Å². The Labute approximate surface area is 141 Å². The summed E-state index contributed by atoms with van der Waals surface area (Å²) in [5.74, 6) is 0.743. The van der Waals surface area contributed by atoms with E-state index in [9.17, 15) is 0 Å². The quantitative estimate of drug-likeness (QED) is 0.740. The summed E-state index contributed by atoms with van der Waals surface area (Å²) in [4.78, 5) is 2.23. The highest BCUT2D eigenvalue weighted by molar-refractivity contribution is 5.85. The Morgan fingerprint density at radius 2 is 2.00 bits per heavy atom. The summed E-state index contributed by atoms with van der Waals surface area (Å²) in [6, 6.07) is 2.75. The van der Waals surface area contributed by atoms with Crippen LogP contribution in [-0.2, 0) is 6.54 Å². The van der Waals surface area contributed by atoms with Crippen LogP contribution in [0.25, 0.3) is 0 Å². The molecule has 21 heavy (non-hydrogen) atoms. The molecule has 1 aliphatic rings. The summed E-state index contributed by atoms with van der Waals surface area (Å²) in [6.07, 6.45) is 3.84. The lowest BCUT2D eigenvalue weighted by Crippen LogP contribution is -2.22. The Balaban J connectivity index is 0.00000200. The normalized spacial score (nSPS) is 14.2. The lowest BCUT2D eigenvalue weighted by molar-refractivity contribution is 0.392. The fraction of sp³-hybridized carbons (Fsp3) is 0.800. The first kappa shape index (κ1) is 20.7. The van der Waals surface area contributed by atoms with Crippen molar-refractivity contribution in [3.8, 4) is 0 Å². The van der Waals surface area contributed by atoms with Gasteiger partial charge >= 0.3 is 0 Å². The summed E-state index contributed by atoms with van der Waals surface area (Å²) in [6.45, 7) is 7.56. The first-order chi connectivity index (χ1) is 9.08. The van der Waals surface area contributed by atoms with Gasteiger partial charge in [-0.05, 0) is 66.4 Å². The van der Waals surface area contributed by atoms with Crippen molar-refractivity contribution in [2.75, 3.05) is 27.2 Å². The highest BCUT2D eigenvalue weighted by Gasteiger charge is 2.27. The number of nitrogens with one attached hydrogen (secondary N) is 1. The summed E-state index contributed by atoms with van der Waals surface area (Å²) in [5, 5.41) is 8.30. The van der Waals surface area contributed by atoms with Crippen LogP contribution in [-0.4, -0.2) is 41.9 Å². The van der Waals surface area contributed by atoms with E-state index >= 15 is 0 Å². The molecule has 0 saturated heterocycles. The van der Waals surface area contributed by atoms with E-state index in [1.807, 2.05) is 0 Å². The van der Waals surface area contributed by atoms with Gasteiger partial charge in [-0.15, -0.1) is 24.8 Å². The zero-order valence-corrected chi connectivity index (χ0v) is 15.3. The largest absolute Gasteiger partial charge is 0.311 e. The average Bonchev–Trinajstić information content (AvgIpc) is 3.09. The van der Waals surface area contributed by atoms with Crippen LogP contribution in [0.4, 0.5) is 0 Å². The molecule has 1 aromatic rings. The third kappa shape index (κ3) is 6.55. The van der Waals surface area contributed by atoms with Crippen LogP contribution in [0.3, 0.4) is 0 Å². The Hall–Kier alpha value is -0.290. The van der Waals surface area contributed by atoms with Crippen molar-refractivity contribution in [2.45, 2.75) is 51.6 Å². The summed E-state index contributed by atoms with van der Waals surface area (Å²) < 4.78 is 2.19. The maximum atomic E-state index is 4.77. The molecular formula is C15H30Cl2N4. The van der Waals surface area contributed by atoms with E-state index in [2.05, 4.69) is 48.9 Å². The molecule has 1 fully saturated rings. The molecule has 0 atom stereocenters. The topological polar surface area (TPSA) is 33.1 Å². The maximum Gasteiger partial charge on any atom is 0.0659 e.